The highest BCUT2D eigenvalue weighted by molar-refractivity contribution is 8.02. The third kappa shape index (κ3) is 7.15. The highest BCUT2D eigenvalue weighted by atomic mass is 32.2. The number of esters is 1. The number of hydrogen-bond acceptors (Lipinski definition) is 12. The number of hydrogen-bond donors (Lipinski definition) is 2. The first-order chi connectivity index (χ1) is 22.5. The summed E-state index contributed by atoms with van der Waals surface area (Å²) in [6, 6.07) is 19.6. The van der Waals surface area contributed by atoms with Gasteiger partial charge in [0, 0.05) is 23.0 Å². The highest BCUT2D eigenvalue weighted by Crippen LogP contribution is 2.42. The number of carbonyl (C=O) groups excluding carboxylic acids is 4. The molecule has 3 aromatic rings. The van der Waals surface area contributed by atoms with Gasteiger partial charge in [-0.25, -0.2) is 9.78 Å². The number of allylic oxidation sites excluding steroid dienone is 1. The summed E-state index contributed by atoms with van der Waals surface area (Å²) < 4.78 is 6.15. The van der Waals surface area contributed by atoms with E-state index >= 15 is 0 Å². The summed E-state index contributed by atoms with van der Waals surface area (Å²) in [5.74, 6) is -1.17. The maximum atomic E-state index is 14.0. The van der Waals surface area contributed by atoms with Gasteiger partial charge in [0.25, 0.3) is 11.8 Å². The molecule has 234 valence electrons. The minimum Gasteiger partial charge on any atom is -0.448 e. The Balaban J connectivity index is 1.40. The zero-order valence-electron chi connectivity index (χ0n) is 24.2. The molecule has 1 saturated heterocycles. The molecule has 1 fully saturated rings. The van der Waals surface area contributed by atoms with Crippen LogP contribution in [0, 0.1) is 11.3 Å². The number of ether oxygens (including phenoxy) is 1. The molecular formula is C31H26N6O6S3. The molecule has 15 heteroatoms. The van der Waals surface area contributed by atoms with Gasteiger partial charge in [0.1, 0.15) is 29.9 Å². The Kier molecular flexibility index (Phi) is 10.9. The molecule has 3 amide bonds. The minimum absolute atomic E-state index is 0.115. The monoisotopic (exact) mass is 674 g/mol. The predicted molar refractivity (Wildman–Crippen MR) is 175 cm³/mol. The quantitative estimate of drug-likeness (QED) is 0.0681. The molecule has 2 aliphatic heterocycles. The Labute approximate surface area is 276 Å². The van der Waals surface area contributed by atoms with Gasteiger partial charge in [0.2, 0.25) is 6.41 Å². The van der Waals surface area contributed by atoms with Crippen molar-refractivity contribution in [3.05, 3.63) is 106 Å². The lowest BCUT2D eigenvalue weighted by atomic mass is 10.0. The number of benzene rings is 2. The fourth-order valence-electron chi connectivity index (χ4n) is 4.76. The van der Waals surface area contributed by atoms with Crippen LogP contribution in [0.15, 0.2) is 94.0 Å². The number of anilines is 1. The summed E-state index contributed by atoms with van der Waals surface area (Å²) >= 11 is 3.80. The van der Waals surface area contributed by atoms with Gasteiger partial charge >= 0.3 is 5.97 Å². The number of rotatable bonds is 13. The van der Waals surface area contributed by atoms with E-state index in [1.165, 1.54) is 47.0 Å². The van der Waals surface area contributed by atoms with Gasteiger partial charge in [-0.15, -0.1) is 34.9 Å². The van der Waals surface area contributed by atoms with Crippen molar-refractivity contribution in [2.75, 3.05) is 23.9 Å². The Morgan fingerprint density at radius 1 is 1.20 bits per heavy atom. The van der Waals surface area contributed by atoms with Crippen LogP contribution in [0.5, 0.6) is 0 Å². The van der Waals surface area contributed by atoms with Crippen molar-refractivity contribution in [2.45, 2.75) is 17.5 Å². The number of amides is 3. The molecule has 1 unspecified atom stereocenters. The Morgan fingerprint density at radius 2 is 1.89 bits per heavy atom. The van der Waals surface area contributed by atoms with Crippen LogP contribution in [0.3, 0.4) is 0 Å². The maximum absolute atomic E-state index is 14.0. The molecule has 0 saturated carbocycles. The summed E-state index contributed by atoms with van der Waals surface area (Å²) in [5, 5.41) is 20.6. The first-order valence-electron chi connectivity index (χ1n) is 13.7. The zero-order valence-corrected chi connectivity index (χ0v) is 26.6. The molecule has 2 aliphatic rings. The number of carbonyl (C=O) groups is 4. The molecule has 2 aromatic carbocycles. The van der Waals surface area contributed by atoms with E-state index in [2.05, 4.69) is 20.8 Å². The van der Waals surface area contributed by atoms with Crippen molar-refractivity contribution in [3.8, 4) is 6.07 Å². The van der Waals surface area contributed by atoms with Crippen LogP contribution >= 0.6 is 34.9 Å². The molecule has 2 atom stereocenters. The van der Waals surface area contributed by atoms with Crippen LogP contribution < -0.4 is 10.6 Å². The second-order valence-corrected chi connectivity index (χ2v) is 12.4. The van der Waals surface area contributed by atoms with E-state index in [1.54, 1.807) is 5.41 Å². The Morgan fingerprint density at radius 3 is 2.52 bits per heavy atom. The first-order valence-corrected chi connectivity index (χ1v) is 16.7. The van der Waals surface area contributed by atoms with E-state index < -0.39 is 35.3 Å². The maximum Gasteiger partial charge on any atom is 0.356 e. The van der Waals surface area contributed by atoms with E-state index in [0.29, 0.717) is 23.5 Å². The lowest BCUT2D eigenvalue weighted by Crippen LogP contribution is -2.71. The van der Waals surface area contributed by atoms with Crippen molar-refractivity contribution in [1.82, 2.24) is 15.2 Å². The smallest absolute Gasteiger partial charge is 0.356 e. The Hall–Kier alpha value is -4.91. The number of β-lactam (4-membered cyclic amide) rings is 1. The molecule has 2 N–H and O–H groups in total. The summed E-state index contributed by atoms with van der Waals surface area (Å²) in [6.45, 7) is 0. The molecule has 0 bridgehead atoms. The second-order valence-electron chi connectivity index (χ2n) is 9.59. The number of nitrogens with one attached hydrogen (secondary N) is 2. The number of aromatic nitrogens is 1. The van der Waals surface area contributed by atoms with Crippen LogP contribution in [0.25, 0.3) is 0 Å². The summed E-state index contributed by atoms with van der Waals surface area (Å²) in [6.07, 6.45) is 1.06. The highest BCUT2D eigenvalue weighted by Gasteiger charge is 2.55. The lowest BCUT2D eigenvalue weighted by molar-refractivity contribution is -0.154. The number of thioether (sulfide) groups is 2. The van der Waals surface area contributed by atoms with Crippen molar-refractivity contribution in [3.63, 3.8) is 0 Å². The largest absolute Gasteiger partial charge is 0.448 e. The SMILES string of the molecule is CON=C(C(=O)NC1C(=O)N2C(C(=O)OC(c3ccccc3)c3ccccc3)=C(CS/C=C/C#N)CS[C@H]12)c1csc(NC=O)n1. The van der Waals surface area contributed by atoms with E-state index in [4.69, 9.17) is 14.8 Å². The zero-order chi connectivity index (χ0) is 32.5. The summed E-state index contributed by atoms with van der Waals surface area (Å²) in [5.41, 5.74) is 2.26. The van der Waals surface area contributed by atoms with E-state index in [-0.39, 0.29) is 22.2 Å². The number of nitriles is 1. The predicted octanol–water partition coefficient (Wildman–Crippen LogP) is 3.82. The first kappa shape index (κ1) is 32.5. The van der Waals surface area contributed by atoms with Gasteiger partial charge in [-0.2, -0.15) is 5.26 Å². The van der Waals surface area contributed by atoms with Gasteiger partial charge in [0.05, 0.1) is 6.07 Å². The van der Waals surface area contributed by atoms with Crippen LogP contribution in [-0.4, -0.2) is 69.8 Å². The standard InChI is InChI=1S/C31H26N6O6S3/c1-42-36-23(22-17-46-31(34-22)33-18-38)27(39)35-24-28(40)37-25(21(16-45-29(24)37)15-44-14-8-13-32)30(41)43-26(19-9-4-2-5-10-19)20-11-6-3-7-12-20/h2-12,14,17-18,24,26,29H,15-16H2,1H3,(H,35,39)(H,33,34,38)/b14-8+,36-23?/t24?,29-/m1/s1. The molecule has 1 aromatic heterocycles. The van der Waals surface area contributed by atoms with Gasteiger partial charge in [-0.3, -0.25) is 19.3 Å². The molecular weight excluding hydrogens is 649 g/mol. The molecule has 0 radical (unpaired) electrons. The van der Waals surface area contributed by atoms with Crippen LogP contribution in [0.1, 0.15) is 22.9 Å². The molecule has 0 aliphatic carbocycles. The Bertz CT molecular complexity index is 1700. The van der Waals surface area contributed by atoms with E-state index in [9.17, 15) is 19.2 Å². The van der Waals surface area contributed by atoms with Crippen molar-refractivity contribution in [1.29, 1.82) is 5.26 Å². The van der Waals surface area contributed by atoms with Crippen LogP contribution in [-0.2, 0) is 28.8 Å². The number of fused-ring (bicyclic) bond motifs is 1. The number of nitrogens with zero attached hydrogens (tertiary/aromatic N) is 4. The fraction of sp³-hybridized carbons (Fsp3) is 0.194. The van der Waals surface area contributed by atoms with E-state index in [0.717, 1.165) is 22.5 Å². The minimum atomic E-state index is -0.972. The molecule has 5 rings (SSSR count). The number of oxime groups is 1. The van der Waals surface area contributed by atoms with Crippen LogP contribution in [0.4, 0.5) is 5.13 Å². The molecule has 46 heavy (non-hydrogen) atoms. The molecule has 12 nitrogen and oxygen atoms in total. The average Bonchev–Trinajstić information content (AvgIpc) is 3.55. The second kappa shape index (κ2) is 15.4. The van der Waals surface area contributed by atoms with Crippen molar-refractivity contribution in [2.24, 2.45) is 5.16 Å². The summed E-state index contributed by atoms with van der Waals surface area (Å²) in [4.78, 5) is 62.1. The third-order valence-corrected chi connectivity index (χ3v) is 9.74. The fourth-order valence-corrected chi connectivity index (χ4v) is 7.58. The molecule has 3 heterocycles. The normalized spacial score (nSPS) is 17.6. The van der Waals surface area contributed by atoms with Crippen molar-refractivity contribution >= 4 is 69.9 Å². The van der Waals surface area contributed by atoms with Gasteiger partial charge in [-0.05, 0) is 22.1 Å². The van der Waals surface area contributed by atoms with Crippen molar-refractivity contribution < 1.29 is 28.8 Å². The third-order valence-electron chi connectivity index (χ3n) is 6.78. The van der Waals surface area contributed by atoms with Gasteiger partial charge < -0.3 is 20.2 Å². The lowest BCUT2D eigenvalue weighted by Gasteiger charge is -2.49. The van der Waals surface area contributed by atoms with E-state index in [1.807, 2.05) is 66.7 Å². The van der Waals surface area contributed by atoms with Gasteiger partial charge in [0.15, 0.2) is 16.9 Å². The topological polar surface area (TPSA) is 163 Å². The van der Waals surface area contributed by atoms with Crippen LogP contribution in [0.2, 0.25) is 0 Å². The average molecular weight is 675 g/mol. The summed E-state index contributed by atoms with van der Waals surface area (Å²) in [7, 11) is 1.27. The number of thiazole rings is 1. The van der Waals surface area contributed by atoms with Gasteiger partial charge in [-0.1, -0.05) is 65.8 Å². The molecule has 0 spiro atoms.